The molecule has 0 aliphatic rings. The molecule has 0 spiro atoms. The zero-order valence-corrected chi connectivity index (χ0v) is 14.5. The molecule has 0 bridgehead atoms. The van der Waals surface area contributed by atoms with Gasteiger partial charge in [0.1, 0.15) is 11.3 Å². The number of aromatic nitrogens is 1. The average Bonchev–Trinajstić information content (AvgIpc) is 2.67. The Morgan fingerprint density at radius 1 is 1.18 bits per heavy atom. The lowest BCUT2D eigenvalue weighted by Crippen LogP contribution is -2.25. The number of alkyl halides is 3. The number of pyridine rings is 1. The van der Waals surface area contributed by atoms with Crippen LogP contribution in [0.5, 0.6) is 5.75 Å². The van der Waals surface area contributed by atoms with Gasteiger partial charge in [-0.25, -0.2) is 5.43 Å². The van der Waals surface area contributed by atoms with Gasteiger partial charge in [0, 0.05) is 11.6 Å². The summed E-state index contributed by atoms with van der Waals surface area (Å²) in [7, 11) is 1.53. The molecule has 1 aromatic heterocycles. The first-order valence-corrected chi connectivity index (χ1v) is 8.00. The quantitative estimate of drug-likeness (QED) is 0.530. The minimum Gasteiger partial charge on any atom is -0.497 e. The summed E-state index contributed by atoms with van der Waals surface area (Å²) in [5.74, 6) is -0.188. The van der Waals surface area contributed by atoms with E-state index in [4.69, 9.17) is 4.74 Å². The van der Waals surface area contributed by atoms with Crippen LogP contribution in [0.2, 0.25) is 0 Å². The van der Waals surface area contributed by atoms with Gasteiger partial charge >= 0.3 is 6.18 Å². The van der Waals surface area contributed by atoms with E-state index in [-0.39, 0.29) is 16.5 Å². The number of hydrogen-bond donors (Lipinski definition) is 2. The molecule has 3 aromatic rings. The van der Waals surface area contributed by atoms with E-state index in [1.807, 2.05) is 0 Å². The summed E-state index contributed by atoms with van der Waals surface area (Å²) in [6, 6.07) is 10.0. The summed E-state index contributed by atoms with van der Waals surface area (Å²) in [5.41, 5.74) is 0.326. The number of amides is 1. The van der Waals surface area contributed by atoms with E-state index in [0.29, 0.717) is 11.3 Å². The van der Waals surface area contributed by atoms with Crippen LogP contribution in [0.4, 0.5) is 13.2 Å². The summed E-state index contributed by atoms with van der Waals surface area (Å²) in [6.07, 6.45) is -2.33. The number of nitrogens with one attached hydrogen (secondary N) is 2. The van der Waals surface area contributed by atoms with E-state index in [1.165, 1.54) is 19.4 Å². The second kappa shape index (κ2) is 7.55. The zero-order chi connectivity index (χ0) is 20.3. The molecule has 0 atom stereocenters. The van der Waals surface area contributed by atoms with Gasteiger partial charge in [-0.3, -0.25) is 9.59 Å². The standard InChI is InChI=1S/C19H14F3N3O3/c1-28-12-7-5-11(6-8-12)9-24-25-18(27)14-10-23-16-13(17(14)26)3-2-4-15(16)19(20,21)22/h2-10H,1H3,(H,23,26)(H,25,27)/b24-9+. The van der Waals surface area contributed by atoms with Gasteiger partial charge in [0.15, 0.2) is 0 Å². The largest absolute Gasteiger partial charge is 0.497 e. The molecule has 0 saturated heterocycles. The van der Waals surface area contributed by atoms with Crippen LogP contribution in [0.15, 0.2) is 58.6 Å². The third-order valence-electron chi connectivity index (χ3n) is 3.96. The van der Waals surface area contributed by atoms with E-state index >= 15 is 0 Å². The molecular formula is C19H14F3N3O3. The van der Waals surface area contributed by atoms with Crippen LogP contribution in [0, 0.1) is 0 Å². The van der Waals surface area contributed by atoms with E-state index in [2.05, 4.69) is 15.5 Å². The van der Waals surface area contributed by atoms with Crippen molar-refractivity contribution < 1.29 is 22.7 Å². The second-order valence-electron chi connectivity index (χ2n) is 5.73. The number of rotatable bonds is 4. The summed E-state index contributed by atoms with van der Waals surface area (Å²) < 4.78 is 44.2. The lowest BCUT2D eigenvalue weighted by Gasteiger charge is -2.10. The second-order valence-corrected chi connectivity index (χ2v) is 5.73. The number of ether oxygens (including phenoxy) is 1. The maximum Gasteiger partial charge on any atom is 0.418 e. The summed E-state index contributed by atoms with van der Waals surface area (Å²) in [6.45, 7) is 0. The Morgan fingerprint density at radius 2 is 1.89 bits per heavy atom. The molecule has 6 nitrogen and oxygen atoms in total. The molecule has 2 aromatic carbocycles. The Labute approximate surface area is 156 Å². The Balaban J connectivity index is 1.85. The Morgan fingerprint density at radius 3 is 2.54 bits per heavy atom. The van der Waals surface area contributed by atoms with Crippen molar-refractivity contribution in [1.29, 1.82) is 0 Å². The molecule has 1 amide bonds. The number of para-hydroxylation sites is 1. The predicted octanol–water partition coefficient (Wildman–Crippen LogP) is 3.32. The van der Waals surface area contributed by atoms with Crippen molar-refractivity contribution in [2.24, 2.45) is 5.10 Å². The van der Waals surface area contributed by atoms with Gasteiger partial charge in [-0.05, 0) is 42.0 Å². The summed E-state index contributed by atoms with van der Waals surface area (Å²) in [4.78, 5) is 27.0. The van der Waals surface area contributed by atoms with Gasteiger partial charge in [0.05, 0.1) is 24.4 Å². The van der Waals surface area contributed by atoms with Crippen LogP contribution in [0.25, 0.3) is 10.9 Å². The smallest absolute Gasteiger partial charge is 0.418 e. The van der Waals surface area contributed by atoms with Gasteiger partial charge in [-0.1, -0.05) is 6.07 Å². The molecule has 9 heteroatoms. The van der Waals surface area contributed by atoms with Gasteiger partial charge in [-0.2, -0.15) is 18.3 Å². The van der Waals surface area contributed by atoms with Crippen molar-refractivity contribution in [1.82, 2.24) is 10.4 Å². The minimum atomic E-state index is -4.63. The molecule has 1 heterocycles. The topological polar surface area (TPSA) is 83.5 Å². The molecule has 0 aliphatic carbocycles. The maximum atomic E-state index is 13.1. The normalized spacial score (nSPS) is 11.7. The number of aromatic amines is 1. The fourth-order valence-corrected chi connectivity index (χ4v) is 2.57. The van der Waals surface area contributed by atoms with E-state index in [1.54, 1.807) is 24.3 Å². The number of fused-ring (bicyclic) bond motifs is 1. The highest BCUT2D eigenvalue weighted by atomic mass is 19.4. The van der Waals surface area contributed by atoms with Crippen LogP contribution < -0.4 is 15.6 Å². The number of nitrogens with zero attached hydrogens (tertiary/aromatic N) is 1. The first-order valence-electron chi connectivity index (χ1n) is 8.00. The number of H-pyrrole nitrogens is 1. The van der Waals surface area contributed by atoms with Crippen molar-refractivity contribution >= 4 is 23.0 Å². The number of carbonyl (C=O) groups is 1. The fraction of sp³-hybridized carbons (Fsp3) is 0.105. The lowest BCUT2D eigenvalue weighted by atomic mass is 10.1. The molecule has 0 fully saturated rings. The maximum absolute atomic E-state index is 13.1. The van der Waals surface area contributed by atoms with Crippen LogP contribution in [-0.4, -0.2) is 24.2 Å². The van der Waals surface area contributed by atoms with Gasteiger partial charge in [-0.15, -0.1) is 0 Å². The van der Waals surface area contributed by atoms with Crippen molar-refractivity contribution in [3.63, 3.8) is 0 Å². The van der Waals surface area contributed by atoms with Crippen LogP contribution >= 0.6 is 0 Å². The molecule has 3 rings (SSSR count). The number of halogens is 3. The zero-order valence-electron chi connectivity index (χ0n) is 14.5. The molecule has 0 unspecified atom stereocenters. The number of hydrogen-bond acceptors (Lipinski definition) is 4. The van der Waals surface area contributed by atoms with Crippen LogP contribution in [-0.2, 0) is 6.18 Å². The average molecular weight is 389 g/mol. The molecular weight excluding hydrogens is 375 g/mol. The van der Waals surface area contributed by atoms with E-state index < -0.39 is 23.1 Å². The molecule has 0 saturated carbocycles. The molecule has 144 valence electrons. The van der Waals surface area contributed by atoms with Crippen molar-refractivity contribution in [3.8, 4) is 5.75 Å². The van der Waals surface area contributed by atoms with Gasteiger partial charge < -0.3 is 9.72 Å². The minimum absolute atomic E-state index is 0.235. The number of hydrazone groups is 1. The number of methoxy groups -OCH3 is 1. The van der Waals surface area contributed by atoms with Crippen LogP contribution in [0.1, 0.15) is 21.5 Å². The van der Waals surface area contributed by atoms with E-state index in [9.17, 15) is 22.8 Å². The highest BCUT2D eigenvalue weighted by Gasteiger charge is 2.33. The predicted molar refractivity (Wildman–Crippen MR) is 97.6 cm³/mol. The third kappa shape index (κ3) is 3.88. The van der Waals surface area contributed by atoms with Crippen molar-refractivity contribution in [3.05, 3.63) is 75.6 Å². The SMILES string of the molecule is COc1ccc(/C=N/NC(=O)c2c[nH]c3c(C(F)(F)F)cccc3c2=O)cc1. The Kier molecular flexibility index (Phi) is 5.16. The monoisotopic (exact) mass is 389 g/mol. The van der Waals surface area contributed by atoms with Gasteiger partial charge in [0.2, 0.25) is 5.43 Å². The van der Waals surface area contributed by atoms with E-state index in [0.717, 1.165) is 18.3 Å². The number of benzene rings is 2. The summed E-state index contributed by atoms with van der Waals surface area (Å²) >= 11 is 0. The lowest BCUT2D eigenvalue weighted by molar-refractivity contribution is -0.136. The Hall–Kier alpha value is -3.62. The number of carbonyl (C=O) groups excluding carboxylic acids is 1. The highest BCUT2D eigenvalue weighted by molar-refractivity contribution is 5.98. The first-order chi connectivity index (χ1) is 13.3. The summed E-state index contributed by atoms with van der Waals surface area (Å²) in [5, 5.41) is 3.52. The molecule has 28 heavy (non-hydrogen) atoms. The van der Waals surface area contributed by atoms with Crippen LogP contribution in [0.3, 0.4) is 0 Å². The third-order valence-corrected chi connectivity index (χ3v) is 3.96. The first kappa shape index (κ1) is 19.2. The molecule has 2 N–H and O–H groups in total. The molecule has 0 aliphatic heterocycles. The van der Waals surface area contributed by atoms with Gasteiger partial charge in [0.25, 0.3) is 5.91 Å². The van der Waals surface area contributed by atoms with Crippen molar-refractivity contribution in [2.45, 2.75) is 6.18 Å². The fourth-order valence-electron chi connectivity index (χ4n) is 2.57. The Bertz CT molecular complexity index is 1100. The molecule has 0 radical (unpaired) electrons. The van der Waals surface area contributed by atoms with Crippen molar-refractivity contribution in [2.75, 3.05) is 7.11 Å². The highest BCUT2D eigenvalue weighted by Crippen LogP contribution is 2.32.